The average Bonchev–Trinajstić information content (AvgIpc) is 2.55. The third-order valence-corrected chi connectivity index (χ3v) is 3.37. The van der Waals surface area contributed by atoms with Gasteiger partial charge in [0.15, 0.2) is 6.10 Å². The summed E-state index contributed by atoms with van der Waals surface area (Å²) >= 11 is 5.69. The molecule has 0 bridgehead atoms. The van der Waals surface area contributed by atoms with Crippen LogP contribution in [0.5, 0.6) is 5.75 Å². The normalized spacial score (nSPS) is 11.2. The van der Waals surface area contributed by atoms with Gasteiger partial charge in [-0.3, -0.25) is 4.79 Å². The van der Waals surface area contributed by atoms with E-state index in [1.54, 1.807) is 24.3 Å². The van der Waals surface area contributed by atoms with Crippen molar-refractivity contribution in [3.63, 3.8) is 0 Å². The van der Waals surface area contributed by atoms with E-state index >= 15 is 0 Å². The van der Waals surface area contributed by atoms with Crippen LogP contribution in [0.1, 0.15) is 22.8 Å². The maximum absolute atomic E-state index is 12.1. The van der Waals surface area contributed by atoms with Crippen LogP contribution >= 0.6 is 11.6 Å². The van der Waals surface area contributed by atoms with E-state index in [4.69, 9.17) is 21.6 Å². The standard InChI is InChI=1S/C17H13ClN2O4/c1-10(16(22)20-14-5-3-2-4-11(14)9-19)24-17(23)13-7-6-12(18)8-15(13)21/h2-8,10,21H,1H3,(H,20,22)/t10-/m0/s1. The second-order valence-electron chi connectivity index (χ2n) is 4.86. The van der Waals surface area contributed by atoms with Crippen molar-refractivity contribution in [2.24, 2.45) is 0 Å². The first-order valence-electron chi connectivity index (χ1n) is 6.92. The number of nitriles is 1. The average molecular weight is 345 g/mol. The van der Waals surface area contributed by atoms with E-state index in [-0.39, 0.29) is 16.3 Å². The Hall–Kier alpha value is -3.04. The van der Waals surface area contributed by atoms with Gasteiger partial charge in [-0.25, -0.2) is 4.79 Å². The van der Waals surface area contributed by atoms with Crippen molar-refractivity contribution in [3.05, 3.63) is 58.6 Å². The van der Waals surface area contributed by atoms with E-state index in [2.05, 4.69) is 5.32 Å². The van der Waals surface area contributed by atoms with Crippen molar-refractivity contribution in [2.75, 3.05) is 5.32 Å². The molecule has 0 spiro atoms. The highest BCUT2D eigenvalue weighted by Gasteiger charge is 2.21. The quantitative estimate of drug-likeness (QED) is 0.830. The highest BCUT2D eigenvalue weighted by Crippen LogP contribution is 2.23. The van der Waals surface area contributed by atoms with Crippen LogP contribution in [0, 0.1) is 11.3 Å². The molecule has 7 heteroatoms. The molecule has 0 aliphatic carbocycles. The van der Waals surface area contributed by atoms with E-state index in [9.17, 15) is 14.7 Å². The molecule has 0 unspecified atom stereocenters. The lowest BCUT2D eigenvalue weighted by atomic mass is 10.2. The summed E-state index contributed by atoms with van der Waals surface area (Å²) < 4.78 is 5.03. The van der Waals surface area contributed by atoms with Crippen LogP contribution in [0.15, 0.2) is 42.5 Å². The predicted molar refractivity (Wildman–Crippen MR) is 87.8 cm³/mol. The molecule has 2 aromatic carbocycles. The van der Waals surface area contributed by atoms with Crippen LogP contribution in [0.4, 0.5) is 5.69 Å². The van der Waals surface area contributed by atoms with Crippen LogP contribution in [-0.4, -0.2) is 23.1 Å². The van der Waals surface area contributed by atoms with Gasteiger partial charge in [-0.2, -0.15) is 5.26 Å². The maximum atomic E-state index is 12.1. The molecule has 0 saturated heterocycles. The maximum Gasteiger partial charge on any atom is 0.342 e. The highest BCUT2D eigenvalue weighted by atomic mass is 35.5. The minimum absolute atomic E-state index is 0.100. The van der Waals surface area contributed by atoms with Crippen molar-refractivity contribution in [3.8, 4) is 11.8 Å². The topological polar surface area (TPSA) is 99.4 Å². The number of anilines is 1. The van der Waals surface area contributed by atoms with Crippen LogP contribution in [0.25, 0.3) is 0 Å². The molecule has 0 saturated carbocycles. The molecule has 0 aliphatic heterocycles. The summed E-state index contributed by atoms with van der Waals surface area (Å²) in [7, 11) is 0. The van der Waals surface area contributed by atoms with Crippen molar-refractivity contribution in [2.45, 2.75) is 13.0 Å². The molecular formula is C17H13ClN2O4. The number of esters is 1. The minimum atomic E-state index is -1.13. The zero-order valence-corrected chi connectivity index (χ0v) is 13.4. The zero-order chi connectivity index (χ0) is 17.7. The van der Waals surface area contributed by atoms with Gasteiger partial charge in [0.1, 0.15) is 17.4 Å². The molecule has 0 fully saturated rings. The predicted octanol–water partition coefficient (Wildman–Crippen LogP) is 3.10. The van der Waals surface area contributed by atoms with Crippen LogP contribution in [0.2, 0.25) is 5.02 Å². The number of benzene rings is 2. The van der Waals surface area contributed by atoms with Crippen LogP contribution < -0.4 is 5.32 Å². The molecule has 0 aromatic heterocycles. The summed E-state index contributed by atoms with van der Waals surface area (Å²) in [6.07, 6.45) is -1.13. The molecule has 6 nitrogen and oxygen atoms in total. The molecule has 122 valence electrons. The van der Waals surface area contributed by atoms with Crippen molar-refractivity contribution in [1.82, 2.24) is 0 Å². The summed E-state index contributed by atoms with van der Waals surface area (Å²) in [6.45, 7) is 1.38. The molecule has 2 N–H and O–H groups in total. The number of aromatic hydroxyl groups is 1. The first-order valence-corrected chi connectivity index (χ1v) is 7.29. The fraction of sp³-hybridized carbons (Fsp3) is 0.118. The summed E-state index contributed by atoms with van der Waals surface area (Å²) in [5, 5.41) is 21.5. The van der Waals surface area contributed by atoms with E-state index < -0.39 is 18.0 Å². The monoisotopic (exact) mass is 344 g/mol. The molecule has 24 heavy (non-hydrogen) atoms. The highest BCUT2D eigenvalue weighted by molar-refractivity contribution is 6.30. The molecule has 2 aromatic rings. The van der Waals surface area contributed by atoms with Crippen LogP contribution in [0.3, 0.4) is 0 Å². The summed E-state index contributed by atoms with van der Waals surface area (Å²) in [5.41, 5.74) is 0.512. The second kappa shape index (κ2) is 7.49. The third-order valence-electron chi connectivity index (χ3n) is 3.14. The van der Waals surface area contributed by atoms with Crippen molar-refractivity contribution < 1.29 is 19.4 Å². The number of hydrogen-bond donors (Lipinski definition) is 2. The Labute approximate surface area is 143 Å². The number of para-hydroxylation sites is 1. The molecule has 1 atom stereocenters. The van der Waals surface area contributed by atoms with Gasteiger partial charge in [-0.1, -0.05) is 23.7 Å². The smallest absolute Gasteiger partial charge is 0.342 e. The molecule has 1 amide bonds. The number of ether oxygens (including phenoxy) is 1. The number of phenolic OH excluding ortho intramolecular Hbond substituents is 1. The Balaban J connectivity index is 2.06. The van der Waals surface area contributed by atoms with E-state index in [0.717, 1.165) is 0 Å². The van der Waals surface area contributed by atoms with Crippen molar-refractivity contribution in [1.29, 1.82) is 5.26 Å². The van der Waals surface area contributed by atoms with Crippen molar-refractivity contribution >= 4 is 29.2 Å². The molecule has 0 heterocycles. The zero-order valence-electron chi connectivity index (χ0n) is 12.6. The molecule has 0 radical (unpaired) electrons. The van der Waals surface area contributed by atoms with E-state index in [1.807, 2.05) is 6.07 Å². The van der Waals surface area contributed by atoms with Gasteiger partial charge in [-0.05, 0) is 37.3 Å². The van der Waals surface area contributed by atoms with Crippen LogP contribution in [-0.2, 0) is 9.53 Å². The molecule has 0 aliphatic rings. The minimum Gasteiger partial charge on any atom is -0.507 e. The number of nitrogens with zero attached hydrogens (tertiary/aromatic N) is 1. The van der Waals surface area contributed by atoms with E-state index in [0.29, 0.717) is 11.3 Å². The number of halogens is 1. The Morgan fingerprint density at radius 1 is 1.29 bits per heavy atom. The lowest BCUT2D eigenvalue weighted by Crippen LogP contribution is -2.30. The van der Waals surface area contributed by atoms with Gasteiger partial charge >= 0.3 is 5.97 Å². The Bertz CT molecular complexity index is 830. The Morgan fingerprint density at radius 2 is 2.00 bits per heavy atom. The number of hydrogen-bond acceptors (Lipinski definition) is 5. The molecule has 2 rings (SSSR count). The fourth-order valence-corrected chi connectivity index (χ4v) is 2.05. The SMILES string of the molecule is C[C@H](OC(=O)c1ccc(Cl)cc1O)C(=O)Nc1ccccc1C#N. The third kappa shape index (κ3) is 4.03. The lowest BCUT2D eigenvalue weighted by molar-refractivity contribution is -0.123. The summed E-state index contributed by atoms with van der Waals surface area (Å²) in [6, 6.07) is 12.3. The second-order valence-corrected chi connectivity index (χ2v) is 5.29. The summed E-state index contributed by atoms with van der Waals surface area (Å²) in [5.74, 6) is -1.80. The van der Waals surface area contributed by atoms with Gasteiger partial charge in [0.05, 0.1) is 11.3 Å². The fourth-order valence-electron chi connectivity index (χ4n) is 1.88. The molecular weight excluding hydrogens is 332 g/mol. The van der Waals surface area contributed by atoms with Gasteiger partial charge in [-0.15, -0.1) is 0 Å². The largest absolute Gasteiger partial charge is 0.507 e. The summed E-state index contributed by atoms with van der Waals surface area (Å²) in [4.78, 5) is 24.1. The number of carbonyl (C=O) groups excluding carboxylic acids is 2. The number of phenols is 1. The lowest BCUT2D eigenvalue weighted by Gasteiger charge is -2.14. The number of rotatable bonds is 4. The first-order chi connectivity index (χ1) is 11.4. The number of carbonyl (C=O) groups is 2. The van der Waals surface area contributed by atoms with Gasteiger partial charge in [0, 0.05) is 5.02 Å². The Kier molecular flexibility index (Phi) is 5.40. The Morgan fingerprint density at radius 3 is 2.67 bits per heavy atom. The van der Waals surface area contributed by atoms with E-state index in [1.165, 1.54) is 25.1 Å². The first kappa shape index (κ1) is 17.3. The van der Waals surface area contributed by atoms with Gasteiger partial charge in [0.2, 0.25) is 0 Å². The number of amides is 1. The van der Waals surface area contributed by atoms with Gasteiger partial charge < -0.3 is 15.2 Å². The number of nitrogens with one attached hydrogen (secondary N) is 1. The van der Waals surface area contributed by atoms with Gasteiger partial charge in [0.25, 0.3) is 5.91 Å².